The molecule has 3 unspecified atom stereocenters. The SMILES string of the molecule is CC(C)CNC(C)C(C)CSC(C)C(C)C. The van der Waals surface area contributed by atoms with Crippen LogP contribution in [0.1, 0.15) is 48.5 Å². The monoisotopic (exact) mass is 245 g/mol. The van der Waals surface area contributed by atoms with Gasteiger partial charge in [-0.1, -0.05) is 41.5 Å². The Labute approximate surface area is 107 Å². The van der Waals surface area contributed by atoms with Gasteiger partial charge >= 0.3 is 0 Å². The lowest BCUT2D eigenvalue weighted by atomic mass is 10.1. The van der Waals surface area contributed by atoms with Gasteiger partial charge in [-0.3, -0.25) is 0 Å². The van der Waals surface area contributed by atoms with Crippen LogP contribution in [0.25, 0.3) is 0 Å². The van der Waals surface area contributed by atoms with Crippen LogP contribution in [-0.4, -0.2) is 23.6 Å². The molecule has 0 aliphatic carbocycles. The van der Waals surface area contributed by atoms with Crippen LogP contribution < -0.4 is 5.32 Å². The Hall–Kier alpha value is 0.310. The van der Waals surface area contributed by atoms with Gasteiger partial charge in [0.15, 0.2) is 0 Å². The largest absolute Gasteiger partial charge is 0.314 e. The van der Waals surface area contributed by atoms with Crippen molar-refractivity contribution < 1.29 is 0 Å². The van der Waals surface area contributed by atoms with Gasteiger partial charge in [0.25, 0.3) is 0 Å². The lowest BCUT2D eigenvalue weighted by Gasteiger charge is -2.24. The van der Waals surface area contributed by atoms with Gasteiger partial charge in [0.2, 0.25) is 0 Å². The normalized spacial score (nSPS) is 17.8. The summed E-state index contributed by atoms with van der Waals surface area (Å²) in [6.45, 7) is 17.3. The number of nitrogens with one attached hydrogen (secondary N) is 1. The van der Waals surface area contributed by atoms with Gasteiger partial charge in [0, 0.05) is 11.3 Å². The summed E-state index contributed by atoms with van der Waals surface area (Å²) in [5, 5.41) is 4.40. The van der Waals surface area contributed by atoms with Gasteiger partial charge < -0.3 is 5.32 Å². The molecule has 0 fully saturated rings. The highest BCUT2D eigenvalue weighted by atomic mass is 32.2. The summed E-state index contributed by atoms with van der Waals surface area (Å²) in [6, 6.07) is 0.634. The number of hydrogen-bond acceptors (Lipinski definition) is 2. The molecule has 1 N–H and O–H groups in total. The summed E-state index contributed by atoms with van der Waals surface area (Å²) in [7, 11) is 0. The van der Waals surface area contributed by atoms with Gasteiger partial charge in [-0.2, -0.15) is 11.8 Å². The van der Waals surface area contributed by atoms with Crippen LogP contribution in [0.3, 0.4) is 0 Å². The summed E-state index contributed by atoms with van der Waals surface area (Å²) in [5.74, 6) is 3.56. The van der Waals surface area contributed by atoms with Crippen LogP contribution in [0.4, 0.5) is 0 Å². The summed E-state index contributed by atoms with van der Waals surface area (Å²) in [6.07, 6.45) is 0. The van der Waals surface area contributed by atoms with Crippen LogP contribution in [0.5, 0.6) is 0 Å². The molecule has 0 aromatic heterocycles. The first-order valence-corrected chi connectivity index (χ1v) is 7.74. The first-order valence-electron chi connectivity index (χ1n) is 6.69. The number of hydrogen-bond donors (Lipinski definition) is 1. The first-order chi connectivity index (χ1) is 7.34. The molecule has 0 saturated carbocycles. The Morgan fingerprint density at radius 1 is 0.938 bits per heavy atom. The average Bonchev–Trinajstić information content (AvgIpc) is 2.21. The molecule has 0 spiro atoms. The molecule has 0 rings (SSSR count). The highest BCUT2D eigenvalue weighted by Crippen LogP contribution is 2.22. The van der Waals surface area contributed by atoms with Crippen molar-refractivity contribution in [3.8, 4) is 0 Å². The standard InChI is InChI=1S/C14H31NS/c1-10(2)8-15-13(6)12(5)9-16-14(7)11(3)4/h10-15H,8-9H2,1-7H3. The van der Waals surface area contributed by atoms with Crippen molar-refractivity contribution in [3.63, 3.8) is 0 Å². The molecule has 0 aliphatic heterocycles. The topological polar surface area (TPSA) is 12.0 Å². The van der Waals surface area contributed by atoms with Crippen LogP contribution in [0.2, 0.25) is 0 Å². The molecular formula is C14H31NS. The predicted octanol–water partition coefficient (Wildman–Crippen LogP) is 4.03. The molecule has 0 amide bonds. The van der Waals surface area contributed by atoms with Crippen LogP contribution in [0.15, 0.2) is 0 Å². The van der Waals surface area contributed by atoms with E-state index >= 15 is 0 Å². The highest BCUT2D eigenvalue weighted by Gasteiger charge is 2.15. The molecule has 0 radical (unpaired) electrons. The molecule has 1 nitrogen and oxygen atoms in total. The summed E-state index contributed by atoms with van der Waals surface area (Å²) in [5.41, 5.74) is 0. The van der Waals surface area contributed by atoms with Gasteiger partial charge in [-0.05, 0) is 37.0 Å². The zero-order valence-corrected chi connectivity index (χ0v) is 13.0. The highest BCUT2D eigenvalue weighted by molar-refractivity contribution is 7.99. The maximum absolute atomic E-state index is 3.62. The Morgan fingerprint density at radius 3 is 1.94 bits per heavy atom. The second kappa shape index (κ2) is 8.41. The minimum atomic E-state index is 0.634. The second-order valence-corrected chi connectivity index (χ2v) is 7.26. The maximum atomic E-state index is 3.62. The summed E-state index contributed by atoms with van der Waals surface area (Å²) >= 11 is 2.12. The summed E-state index contributed by atoms with van der Waals surface area (Å²) < 4.78 is 0. The quantitative estimate of drug-likeness (QED) is 0.693. The van der Waals surface area contributed by atoms with Crippen molar-refractivity contribution in [1.29, 1.82) is 0 Å². The van der Waals surface area contributed by atoms with Gasteiger partial charge in [-0.15, -0.1) is 0 Å². The first kappa shape index (κ1) is 16.3. The fourth-order valence-corrected chi connectivity index (χ4v) is 2.54. The minimum Gasteiger partial charge on any atom is -0.314 e. The molecule has 0 aromatic rings. The molecule has 2 heteroatoms. The van der Waals surface area contributed by atoms with Gasteiger partial charge in [-0.25, -0.2) is 0 Å². The number of thioether (sulfide) groups is 1. The fourth-order valence-electron chi connectivity index (χ4n) is 1.26. The van der Waals surface area contributed by atoms with E-state index in [9.17, 15) is 0 Å². The molecule has 0 bridgehead atoms. The van der Waals surface area contributed by atoms with E-state index in [-0.39, 0.29) is 0 Å². The Kier molecular flexibility index (Phi) is 8.57. The van der Waals surface area contributed by atoms with Crippen molar-refractivity contribution in [2.24, 2.45) is 17.8 Å². The summed E-state index contributed by atoms with van der Waals surface area (Å²) in [4.78, 5) is 0. The van der Waals surface area contributed by atoms with E-state index in [4.69, 9.17) is 0 Å². The smallest absolute Gasteiger partial charge is 0.00723 e. The van der Waals surface area contributed by atoms with E-state index in [1.807, 2.05) is 0 Å². The van der Waals surface area contributed by atoms with Crippen molar-refractivity contribution in [2.75, 3.05) is 12.3 Å². The van der Waals surface area contributed by atoms with E-state index in [1.165, 1.54) is 5.75 Å². The third-order valence-electron chi connectivity index (χ3n) is 3.26. The third-order valence-corrected chi connectivity index (χ3v) is 5.05. The molecular weight excluding hydrogens is 214 g/mol. The van der Waals surface area contributed by atoms with E-state index in [2.05, 4.69) is 65.5 Å². The molecule has 3 atom stereocenters. The Bertz CT molecular complexity index is 168. The molecule has 98 valence electrons. The van der Waals surface area contributed by atoms with Crippen LogP contribution in [0, 0.1) is 17.8 Å². The lowest BCUT2D eigenvalue weighted by molar-refractivity contribution is 0.405. The molecule has 0 aliphatic rings. The molecule has 0 aromatic carbocycles. The molecule has 0 heterocycles. The molecule has 16 heavy (non-hydrogen) atoms. The zero-order chi connectivity index (χ0) is 12.7. The molecule has 0 saturated heterocycles. The number of rotatable bonds is 8. The minimum absolute atomic E-state index is 0.634. The third kappa shape index (κ3) is 7.56. The van der Waals surface area contributed by atoms with Crippen molar-refractivity contribution in [1.82, 2.24) is 5.32 Å². The van der Waals surface area contributed by atoms with E-state index in [0.29, 0.717) is 6.04 Å². The van der Waals surface area contributed by atoms with Crippen molar-refractivity contribution >= 4 is 11.8 Å². The fraction of sp³-hybridized carbons (Fsp3) is 1.00. The Balaban J connectivity index is 3.74. The second-order valence-electron chi connectivity index (χ2n) is 5.85. The van der Waals surface area contributed by atoms with Gasteiger partial charge in [0.1, 0.15) is 0 Å². The van der Waals surface area contributed by atoms with E-state index in [1.54, 1.807) is 0 Å². The van der Waals surface area contributed by atoms with Crippen molar-refractivity contribution in [3.05, 3.63) is 0 Å². The average molecular weight is 245 g/mol. The predicted molar refractivity (Wildman–Crippen MR) is 78.2 cm³/mol. The zero-order valence-electron chi connectivity index (χ0n) is 12.2. The maximum Gasteiger partial charge on any atom is 0.00723 e. The Morgan fingerprint density at radius 2 is 1.50 bits per heavy atom. The lowest BCUT2D eigenvalue weighted by Crippen LogP contribution is -2.36. The van der Waals surface area contributed by atoms with E-state index in [0.717, 1.165) is 29.5 Å². The van der Waals surface area contributed by atoms with Crippen molar-refractivity contribution in [2.45, 2.75) is 59.8 Å². The van der Waals surface area contributed by atoms with Crippen LogP contribution >= 0.6 is 11.8 Å². The van der Waals surface area contributed by atoms with Gasteiger partial charge in [0.05, 0.1) is 0 Å². The van der Waals surface area contributed by atoms with Crippen LogP contribution in [-0.2, 0) is 0 Å². The van der Waals surface area contributed by atoms with E-state index < -0.39 is 0 Å².